The second kappa shape index (κ2) is 7.11. The highest BCUT2D eigenvalue weighted by Gasteiger charge is 2.25. The molecule has 0 amide bonds. The van der Waals surface area contributed by atoms with Crippen molar-refractivity contribution in [2.45, 2.75) is 32.4 Å². The number of hydrogen-bond donors (Lipinski definition) is 2. The Morgan fingerprint density at radius 3 is 2.48 bits per heavy atom. The number of rotatable bonds is 5. The molecule has 0 radical (unpaired) electrons. The molecule has 2 N–H and O–H groups in total. The fourth-order valence-electron chi connectivity index (χ4n) is 2.96. The summed E-state index contributed by atoms with van der Waals surface area (Å²) in [5.74, 6) is -1.12. The van der Waals surface area contributed by atoms with Gasteiger partial charge in [-0.15, -0.1) is 0 Å². The number of halogens is 2. The fourth-order valence-corrected chi connectivity index (χ4v) is 2.96. The van der Waals surface area contributed by atoms with Crippen LogP contribution in [0.3, 0.4) is 0 Å². The van der Waals surface area contributed by atoms with Crippen molar-refractivity contribution in [3.63, 3.8) is 0 Å². The van der Waals surface area contributed by atoms with Crippen LogP contribution in [0.25, 0.3) is 5.57 Å². The molecule has 1 fully saturated rings. The molecule has 1 unspecified atom stereocenters. The van der Waals surface area contributed by atoms with Crippen LogP contribution in [0, 0.1) is 18.6 Å². The van der Waals surface area contributed by atoms with Crippen LogP contribution in [0.4, 0.5) is 8.78 Å². The van der Waals surface area contributed by atoms with Crippen LogP contribution in [-0.4, -0.2) is 31.2 Å². The molecule has 1 aromatic rings. The van der Waals surface area contributed by atoms with E-state index >= 15 is 0 Å². The maximum absolute atomic E-state index is 14.2. The van der Waals surface area contributed by atoms with Crippen molar-refractivity contribution in [1.29, 1.82) is 0 Å². The summed E-state index contributed by atoms with van der Waals surface area (Å²) in [5.41, 5.74) is 7.64. The zero-order valence-electron chi connectivity index (χ0n) is 12.7. The summed E-state index contributed by atoms with van der Waals surface area (Å²) in [6.45, 7) is 7.66. The van der Waals surface area contributed by atoms with Crippen LogP contribution in [0.5, 0.6) is 0 Å². The van der Waals surface area contributed by atoms with E-state index in [9.17, 15) is 8.78 Å². The highest BCUT2D eigenvalue weighted by molar-refractivity contribution is 5.70. The van der Waals surface area contributed by atoms with E-state index in [4.69, 9.17) is 0 Å². The summed E-state index contributed by atoms with van der Waals surface area (Å²) in [4.78, 5) is 2.24. The lowest BCUT2D eigenvalue weighted by atomic mass is 9.97. The molecule has 0 spiro atoms. The predicted octanol–water partition coefficient (Wildman–Crippen LogP) is 2.82. The van der Waals surface area contributed by atoms with Crippen molar-refractivity contribution in [3.8, 4) is 0 Å². The predicted molar refractivity (Wildman–Crippen MR) is 81.5 cm³/mol. The van der Waals surface area contributed by atoms with Crippen LogP contribution < -0.4 is 10.9 Å². The van der Waals surface area contributed by atoms with E-state index in [-0.39, 0.29) is 6.17 Å². The molecule has 2 rings (SSSR count). The number of likely N-dealkylation sites (tertiary alicyclic amines) is 1. The number of nitrogens with one attached hydrogen (secondary N) is 2. The maximum Gasteiger partial charge on any atom is 0.133 e. The molecule has 1 aliphatic heterocycles. The number of benzene rings is 1. The maximum atomic E-state index is 14.2. The Morgan fingerprint density at radius 1 is 1.24 bits per heavy atom. The van der Waals surface area contributed by atoms with Crippen LogP contribution >= 0.6 is 0 Å². The Kier molecular flexibility index (Phi) is 5.45. The zero-order chi connectivity index (χ0) is 15.4. The second-order valence-corrected chi connectivity index (χ2v) is 5.50. The summed E-state index contributed by atoms with van der Waals surface area (Å²) < 4.78 is 27.4. The zero-order valence-corrected chi connectivity index (χ0v) is 12.7. The van der Waals surface area contributed by atoms with E-state index in [1.54, 1.807) is 14.0 Å². The Morgan fingerprint density at radius 2 is 1.90 bits per heavy atom. The molecule has 21 heavy (non-hydrogen) atoms. The van der Waals surface area contributed by atoms with Gasteiger partial charge in [-0.25, -0.2) is 14.2 Å². The third-order valence-electron chi connectivity index (χ3n) is 3.94. The van der Waals surface area contributed by atoms with Crippen LogP contribution in [0.2, 0.25) is 0 Å². The Balaban J connectivity index is 2.29. The summed E-state index contributed by atoms with van der Waals surface area (Å²) >= 11 is 0. The second-order valence-electron chi connectivity index (χ2n) is 5.50. The largest absolute Gasteiger partial charge is 0.283 e. The number of hydrazine groups is 1. The van der Waals surface area contributed by atoms with E-state index in [1.165, 1.54) is 12.5 Å². The smallest absolute Gasteiger partial charge is 0.133 e. The average molecular weight is 295 g/mol. The molecule has 0 saturated carbocycles. The minimum atomic E-state index is -0.558. The van der Waals surface area contributed by atoms with Gasteiger partial charge in [-0.3, -0.25) is 10.3 Å². The quantitative estimate of drug-likeness (QED) is 0.818. The molecule has 5 heteroatoms. The highest BCUT2D eigenvalue weighted by atomic mass is 19.1. The van der Waals surface area contributed by atoms with E-state index in [1.807, 2.05) is 0 Å². The van der Waals surface area contributed by atoms with Gasteiger partial charge in [-0.2, -0.15) is 0 Å². The fraction of sp³-hybridized carbons (Fsp3) is 0.500. The average Bonchev–Trinajstić information content (AvgIpc) is 2.44. The van der Waals surface area contributed by atoms with Crippen molar-refractivity contribution in [3.05, 3.63) is 41.5 Å². The summed E-state index contributed by atoms with van der Waals surface area (Å²) in [5, 5.41) is 0. The lowest BCUT2D eigenvalue weighted by Gasteiger charge is -2.36. The Hall–Kier alpha value is -1.30. The number of nitrogens with zero attached hydrogens (tertiary/aromatic N) is 1. The number of aryl methyl sites for hydroxylation is 1. The first-order valence-electron chi connectivity index (χ1n) is 7.35. The van der Waals surface area contributed by atoms with Crippen molar-refractivity contribution in [1.82, 2.24) is 15.8 Å². The van der Waals surface area contributed by atoms with Crippen molar-refractivity contribution >= 4 is 5.57 Å². The topological polar surface area (TPSA) is 27.3 Å². The molecule has 0 aromatic heterocycles. The Bertz CT molecular complexity index is 487. The van der Waals surface area contributed by atoms with Crippen LogP contribution in [0.15, 0.2) is 18.7 Å². The third kappa shape index (κ3) is 3.67. The number of piperidine rings is 1. The molecule has 0 aliphatic carbocycles. The molecule has 1 saturated heterocycles. The first-order chi connectivity index (χ1) is 10.0. The van der Waals surface area contributed by atoms with Gasteiger partial charge < -0.3 is 0 Å². The van der Waals surface area contributed by atoms with Crippen molar-refractivity contribution in [2.75, 3.05) is 20.1 Å². The van der Waals surface area contributed by atoms with Gasteiger partial charge in [-0.1, -0.05) is 13.0 Å². The third-order valence-corrected chi connectivity index (χ3v) is 3.94. The van der Waals surface area contributed by atoms with E-state index < -0.39 is 11.6 Å². The molecule has 1 aromatic carbocycles. The summed E-state index contributed by atoms with van der Waals surface area (Å²) in [6.07, 6.45) is 3.27. The molecule has 1 heterocycles. The highest BCUT2D eigenvalue weighted by Crippen LogP contribution is 2.27. The lowest BCUT2D eigenvalue weighted by Crippen LogP contribution is -2.52. The molecule has 116 valence electrons. The van der Waals surface area contributed by atoms with Gasteiger partial charge in [0.1, 0.15) is 11.6 Å². The van der Waals surface area contributed by atoms with Gasteiger partial charge in [0.15, 0.2) is 0 Å². The van der Waals surface area contributed by atoms with Gasteiger partial charge in [0.25, 0.3) is 0 Å². The van der Waals surface area contributed by atoms with E-state index in [0.717, 1.165) is 32.0 Å². The molecule has 1 aliphatic rings. The first kappa shape index (κ1) is 16.1. The first-order valence-corrected chi connectivity index (χ1v) is 7.35. The standard InChI is InChI=1S/C16H23F2N3/c1-11-9-13(17)10-14(18)15(11)12(2)16(20-19-3)21-7-5-4-6-8-21/h9-10,16,19-20H,2,4-8H2,1,3H3. The lowest BCUT2D eigenvalue weighted by molar-refractivity contribution is 0.163. The molecular weight excluding hydrogens is 272 g/mol. The van der Waals surface area contributed by atoms with Crippen molar-refractivity contribution in [2.24, 2.45) is 0 Å². The van der Waals surface area contributed by atoms with Gasteiger partial charge >= 0.3 is 0 Å². The SMILES string of the molecule is C=C(c1c(C)cc(F)cc1F)C(NNC)N1CCCCC1. The van der Waals surface area contributed by atoms with Gasteiger partial charge in [0.05, 0.1) is 6.17 Å². The van der Waals surface area contributed by atoms with Crippen LogP contribution in [0.1, 0.15) is 30.4 Å². The van der Waals surface area contributed by atoms with Gasteiger partial charge in [0, 0.05) is 11.6 Å². The van der Waals surface area contributed by atoms with Gasteiger partial charge in [-0.05, 0) is 57.1 Å². The Labute approximate surface area is 125 Å². The molecule has 0 bridgehead atoms. The monoisotopic (exact) mass is 295 g/mol. The minimum absolute atomic E-state index is 0.200. The van der Waals surface area contributed by atoms with Crippen molar-refractivity contribution < 1.29 is 8.78 Å². The van der Waals surface area contributed by atoms with Gasteiger partial charge in [0.2, 0.25) is 0 Å². The normalized spacial score (nSPS) is 17.7. The molecule has 1 atom stereocenters. The number of hydrogen-bond acceptors (Lipinski definition) is 3. The molecule has 3 nitrogen and oxygen atoms in total. The van der Waals surface area contributed by atoms with E-state index in [0.29, 0.717) is 16.7 Å². The minimum Gasteiger partial charge on any atom is -0.283 e. The summed E-state index contributed by atoms with van der Waals surface area (Å²) in [7, 11) is 1.78. The van der Waals surface area contributed by atoms with Crippen LogP contribution in [-0.2, 0) is 0 Å². The van der Waals surface area contributed by atoms with E-state index in [2.05, 4.69) is 22.3 Å². The molecular formula is C16H23F2N3. The summed E-state index contributed by atoms with van der Waals surface area (Å²) in [6, 6.07) is 2.26.